The van der Waals surface area contributed by atoms with Crippen molar-refractivity contribution in [2.24, 2.45) is 0 Å². The van der Waals surface area contributed by atoms with Gasteiger partial charge in [-0.2, -0.15) is 0 Å². The zero-order chi connectivity index (χ0) is 9.40. The number of aldehydes is 1. The summed E-state index contributed by atoms with van der Waals surface area (Å²) in [7, 11) is 0. The van der Waals surface area contributed by atoms with Crippen molar-refractivity contribution in [3.63, 3.8) is 0 Å². The molecule has 0 radical (unpaired) electrons. The number of hydrogen-bond donors (Lipinski definition) is 1. The average molecular weight is 164 g/mol. The van der Waals surface area contributed by atoms with Crippen LogP contribution >= 0.6 is 0 Å². The Hall–Kier alpha value is -1.57. The van der Waals surface area contributed by atoms with Gasteiger partial charge in [0.2, 0.25) is 0 Å². The van der Waals surface area contributed by atoms with Crippen molar-refractivity contribution in [3.05, 3.63) is 42.5 Å². The monoisotopic (exact) mass is 164 g/mol. The van der Waals surface area contributed by atoms with Crippen LogP contribution in [0.4, 0.5) is 0 Å². The number of phenols is 1. The Kier molecular flexibility index (Phi) is 5.35. The third kappa shape index (κ3) is 4.28. The lowest BCUT2D eigenvalue weighted by Crippen LogP contribution is -1.74. The third-order valence-electron chi connectivity index (χ3n) is 1.03. The van der Waals surface area contributed by atoms with E-state index < -0.39 is 0 Å². The highest BCUT2D eigenvalue weighted by Crippen LogP contribution is 2.07. The largest absolute Gasteiger partial charge is 0.508 e. The van der Waals surface area contributed by atoms with Crippen molar-refractivity contribution in [1.29, 1.82) is 0 Å². The molecule has 64 valence electrons. The first kappa shape index (κ1) is 10.4. The lowest BCUT2D eigenvalue weighted by atomic mass is 10.2. The SMILES string of the molecule is C=CC.O=Cc1ccc(O)cc1. The number of hydrogen-bond acceptors (Lipinski definition) is 2. The Labute approximate surface area is 72.2 Å². The van der Waals surface area contributed by atoms with E-state index in [1.165, 1.54) is 12.1 Å². The van der Waals surface area contributed by atoms with E-state index >= 15 is 0 Å². The van der Waals surface area contributed by atoms with Crippen molar-refractivity contribution in [2.75, 3.05) is 0 Å². The Morgan fingerprint density at radius 3 is 2.08 bits per heavy atom. The van der Waals surface area contributed by atoms with E-state index in [2.05, 4.69) is 6.58 Å². The molecule has 0 unspecified atom stereocenters. The molecule has 0 aliphatic rings. The van der Waals surface area contributed by atoms with Crippen LogP contribution in [0.5, 0.6) is 5.75 Å². The van der Waals surface area contributed by atoms with Gasteiger partial charge in [0.15, 0.2) is 0 Å². The molecule has 0 aliphatic heterocycles. The molecular weight excluding hydrogens is 152 g/mol. The molecule has 0 aliphatic carbocycles. The molecule has 0 spiro atoms. The van der Waals surface area contributed by atoms with Crippen LogP contribution in [0.25, 0.3) is 0 Å². The molecule has 1 N–H and O–H groups in total. The van der Waals surface area contributed by atoms with Crippen molar-refractivity contribution >= 4 is 6.29 Å². The maximum atomic E-state index is 10.0. The van der Waals surface area contributed by atoms with Gasteiger partial charge in [0.1, 0.15) is 12.0 Å². The van der Waals surface area contributed by atoms with E-state index in [1.807, 2.05) is 6.92 Å². The maximum Gasteiger partial charge on any atom is 0.150 e. The maximum absolute atomic E-state index is 10.0. The molecule has 1 rings (SSSR count). The number of phenolic OH excluding ortho intramolecular Hbond substituents is 1. The molecule has 0 amide bonds. The topological polar surface area (TPSA) is 37.3 Å². The second-order valence-corrected chi connectivity index (χ2v) is 2.12. The van der Waals surface area contributed by atoms with Gasteiger partial charge >= 0.3 is 0 Å². The van der Waals surface area contributed by atoms with Gasteiger partial charge in [0, 0.05) is 5.56 Å². The summed E-state index contributed by atoms with van der Waals surface area (Å²) in [4.78, 5) is 10.0. The fourth-order valence-electron chi connectivity index (χ4n) is 0.553. The van der Waals surface area contributed by atoms with Crippen LogP contribution in [-0.4, -0.2) is 11.4 Å². The molecule has 0 aromatic heterocycles. The molecule has 2 heteroatoms. The zero-order valence-electron chi connectivity index (χ0n) is 7.03. The standard InChI is InChI=1S/C7H6O2.C3H6/c8-5-6-1-3-7(9)4-2-6;1-3-2/h1-5,9H;3H,1H2,2H3. The van der Waals surface area contributed by atoms with Gasteiger partial charge in [-0.05, 0) is 31.2 Å². The van der Waals surface area contributed by atoms with E-state index in [-0.39, 0.29) is 5.75 Å². The predicted molar refractivity (Wildman–Crippen MR) is 49.4 cm³/mol. The molecule has 2 nitrogen and oxygen atoms in total. The summed E-state index contributed by atoms with van der Waals surface area (Å²) in [5, 5.41) is 8.74. The molecular formula is C10H12O2. The quantitative estimate of drug-likeness (QED) is 0.511. The summed E-state index contributed by atoms with van der Waals surface area (Å²) in [6, 6.07) is 6.07. The Bertz CT molecular complexity index is 237. The first-order valence-corrected chi connectivity index (χ1v) is 3.55. The van der Waals surface area contributed by atoms with E-state index in [0.29, 0.717) is 5.56 Å². The number of allylic oxidation sites excluding steroid dienone is 1. The zero-order valence-corrected chi connectivity index (χ0v) is 7.03. The van der Waals surface area contributed by atoms with Crippen LogP contribution in [0.15, 0.2) is 36.9 Å². The Morgan fingerprint density at radius 1 is 1.33 bits per heavy atom. The van der Waals surface area contributed by atoms with Gasteiger partial charge < -0.3 is 5.11 Å². The van der Waals surface area contributed by atoms with Gasteiger partial charge in [-0.15, -0.1) is 6.58 Å². The van der Waals surface area contributed by atoms with Crippen LogP contribution in [0.3, 0.4) is 0 Å². The lowest BCUT2D eigenvalue weighted by molar-refractivity contribution is 0.112. The van der Waals surface area contributed by atoms with E-state index in [4.69, 9.17) is 5.11 Å². The van der Waals surface area contributed by atoms with Gasteiger partial charge in [0.25, 0.3) is 0 Å². The number of carbonyl (C=O) groups excluding carboxylic acids is 1. The van der Waals surface area contributed by atoms with Gasteiger partial charge in [0.05, 0.1) is 0 Å². The summed E-state index contributed by atoms with van der Waals surface area (Å²) >= 11 is 0. The molecule has 1 aromatic carbocycles. The predicted octanol–water partition coefficient (Wildman–Crippen LogP) is 2.40. The highest BCUT2D eigenvalue weighted by atomic mass is 16.3. The van der Waals surface area contributed by atoms with E-state index in [0.717, 1.165) is 6.29 Å². The molecule has 0 saturated heterocycles. The summed E-state index contributed by atoms with van der Waals surface area (Å²) in [5.41, 5.74) is 0.577. The number of benzene rings is 1. The second kappa shape index (κ2) is 6.16. The lowest BCUT2D eigenvalue weighted by Gasteiger charge is -1.88. The molecule has 0 bridgehead atoms. The van der Waals surface area contributed by atoms with E-state index in [1.54, 1.807) is 18.2 Å². The minimum absolute atomic E-state index is 0.181. The Balaban J connectivity index is 0.000000354. The molecule has 12 heavy (non-hydrogen) atoms. The second-order valence-electron chi connectivity index (χ2n) is 2.12. The fourth-order valence-corrected chi connectivity index (χ4v) is 0.553. The molecule has 0 saturated carbocycles. The van der Waals surface area contributed by atoms with Crippen LogP contribution < -0.4 is 0 Å². The summed E-state index contributed by atoms with van der Waals surface area (Å²) in [5.74, 6) is 0.181. The third-order valence-corrected chi connectivity index (χ3v) is 1.03. The van der Waals surface area contributed by atoms with Crippen LogP contribution in [-0.2, 0) is 0 Å². The smallest absolute Gasteiger partial charge is 0.150 e. The average Bonchev–Trinajstić information content (AvgIpc) is 2.07. The highest BCUT2D eigenvalue weighted by molar-refractivity contribution is 5.74. The van der Waals surface area contributed by atoms with Crippen LogP contribution in [0, 0.1) is 0 Å². The van der Waals surface area contributed by atoms with Crippen molar-refractivity contribution in [3.8, 4) is 5.75 Å². The van der Waals surface area contributed by atoms with E-state index in [9.17, 15) is 4.79 Å². The summed E-state index contributed by atoms with van der Waals surface area (Å²) in [6.07, 6.45) is 2.49. The summed E-state index contributed by atoms with van der Waals surface area (Å²) < 4.78 is 0. The van der Waals surface area contributed by atoms with Crippen molar-refractivity contribution in [2.45, 2.75) is 6.92 Å². The normalized spacial score (nSPS) is 7.75. The number of aromatic hydroxyl groups is 1. The summed E-state index contributed by atoms with van der Waals surface area (Å²) in [6.45, 7) is 5.25. The highest BCUT2D eigenvalue weighted by Gasteiger charge is 1.86. The first-order valence-electron chi connectivity index (χ1n) is 3.55. The van der Waals surface area contributed by atoms with Gasteiger partial charge in [-0.25, -0.2) is 0 Å². The van der Waals surface area contributed by atoms with Gasteiger partial charge in [-0.1, -0.05) is 6.08 Å². The first-order chi connectivity index (χ1) is 5.74. The van der Waals surface area contributed by atoms with Crippen molar-refractivity contribution in [1.82, 2.24) is 0 Å². The number of rotatable bonds is 1. The van der Waals surface area contributed by atoms with Gasteiger partial charge in [-0.3, -0.25) is 4.79 Å². The fraction of sp³-hybridized carbons (Fsp3) is 0.100. The molecule has 0 fully saturated rings. The molecule has 1 aromatic rings. The van der Waals surface area contributed by atoms with Crippen molar-refractivity contribution < 1.29 is 9.90 Å². The van der Waals surface area contributed by atoms with Crippen LogP contribution in [0.1, 0.15) is 17.3 Å². The Morgan fingerprint density at radius 2 is 1.75 bits per heavy atom. The molecule has 0 atom stereocenters. The number of carbonyl (C=O) groups is 1. The van der Waals surface area contributed by atoms with Crippen LogP contribution in [0.2, 0.25) is 0 Å². The molecule has 0 heterocycles. The minimum Gasteiger partial charge on any atom is -0.508 e. The minimum atomic E-state index is 0.181.